The zero-order valence-corrected chi connectivity index (χ0v) is 12.8. The highest BCUT2D eigenvalue weighted by Gasteiger charge is 2.22. The standard InChI is InChI=1S/C19H23F2N/c1-14(22)4-2-3-5-19(15-6-10-17(20)11-7-15)16-8-12-18(21)13-9-16/h6-8,10-13,16,19H,1-5,9,22H2. The summed E-state index contributed by atoms with van der Waals surface area (Å²) in [5.41, 5.74) is 7.42. The molecule has 1 aliphatic rings. The summed E-state index contributed by atoms with van der Waals surface area (Å²) in [6, 6.07) is 6.66. The van der Waals surface area contributed by atoms with Crippen LogP contribution in [-0.2, 0) is 0 Å². The van der Waals surface area contributed by atoms with Gasteiger partial charge >= 0.3 is 0 Å². The number of nitrogens with two attached hydrogens (primary N) is 1. The van der Waals surface area contributed by atoms with E-state index >= 15 is 0 Å². The molecule has 2 atom stereocenters. The van der Waals surface area contributed by atoms with Crippen molar-refractivity contribution in [1.29, 1.82) is 0 Å². The van der Waals surface area contributed by atoms with Crippen LogP contribution in [0, 0.1) is 11.7 Å². The molecule has 0 spiro atoms. The van der Waals surface area contributed by atoms with E-state index in [4.69, 9.17) is 5.73 Å². The van der Waals surface area contributed by atoms with E-state index in [2.05, 4.69) is 6.58 Å². The van der Waals surface area contributed by atoms with E-state index < -0.39 is 0 Å². The number of unbranched alkanes of at least 4 members (excludes halogenated alkanes) is 1. The van der Waals surface area contributed by atoms with E-state index in [-0.39, 0.29) is 23.5 Å². The molecule has 1 aliphatic carbocycles. The van der Waals surface area contributed by atoms with E-state index in [0.717, 1.165) is 31.2 Å². The second-order valence-electron chi connectivity index (χ2n) is 5.91. The first-order chi connectivity index (χ1) is 10.6. The quantitative estimate of drug-likeness (QED) is 0.673. The Bertz CT molecular complexity index is 557. The van der Waals surface area contributed by atoms with E-state index in [1.165, 1.54) is 18.2 Å². The lowest BCUT2D eigenvalue weighted by molar-refractivity contribution is 0.449. The molecule has 2 unspecified atom stereocenters. The van der Waals surface area contributed by atoms with Crippen molar-refractivity contribution >= 4 is 0 Å². The fourth-order valence-electron chi connectivity index (χ4n) is 2.96. The minimum Gasteiger partial charge on any atom is -0.403 e. The second kappa shape index (κ2) is 7.92. The Labute approximate surface area is 131 Å². The maximum atomic E-state index is 13.2. The highest BCUT2D eigenvalue weighted by Crippen LogP contribution is 2.36. The van der Waals surface area contributed by atoms with Gasteiger partial charge in [-0.25, -0.2) is 8.78 Å². The third-order valence-electron chi connectivity index (χ3n) is 4.17. The van der Waals surface area contributed by atoms with Crippen molar-refractivity contribution in [2.24, 2.45) is 11.7 Å². The molecule has 1 nitrogen and oxygen atoms in total. The van der Waals surface area contributed by atoms with Crippen molar-refractivity contribution < 1.29 is 8.78 Å². The van der Waals surface area contributed by atoms with Crippen LogP contribution in [-0.4, -0.2) is 0 Å². The Hall–Kier alpha value is -1.90. The van der Waals surface area contributed by atoms with E-state index in [1.807, 2.05) is 18.2 Å². The van der Waals surface area contributed by atoms with Gasteiger partial charge in [-0.3, -0.25) is 0 Å². The van der Waals surface area contributed by atoms with Gasteiger partial charge in [-0.2, -0.15) is 0 Å². The lowest BCUT2D eigenvalue weighted by Crippen LogP contribution is -2.13. The van der Waals surface area contributed by atoms with E-state index in [9.17, 15) is 8.78 Å². The van der Waals surface area contributed by atoms with Gasteiger partial charge in [0.05, 0.1) is 0 Å². The SMILES string of the molecule is C=C(N)CCCCC(c1ccc(F)cc1)C1C=CC(F)=CC1. The van der Waals surface area contributed by atoms with Crippen LogP contribution in [0.5, 0.6) is 0 Å². The van der Waals surface area contributed by atoms with Crippen molar-refractivity contribution in [3.63, 3.8) is 0 Å². The first-order valence-corrected chi connectivity index (χ1v) is 7.79. The first kappa shape index (κ1) is 16.5. The highest BCUT2D eigenvalue weighted by molar-refractivity contribution is 5.26. The minimum absolute atomic E-state index is 0.173. The number of benzene rings is 1. The number of allylic oxidation sites excluding steroid dienone is 5. The van der Waals surface area contributed by atoms with Gasteiger partial charge in [0.2, 0.25) is 0 Å². The molecule has 0 aromatic heterocycles. The Morgan fingerprint density at radius 2 is 1.95 bits per heavy atom. The molecular weight excluding hydrogens is 280 g/mol. The summed E-state index contributed by atoms with van der Waals surface area (Å²) in [6.45, 7) is 3.71. The minimum atomic E-state index is -0.230. The maximum Gasteiger partial charge on any atom is 0.123 e. The number of hydrogen-bond donors (Lipinski definition) is 1. The largest absolute Gasteiger partial charge is 0.403 e. The molecule has 0 aliphatic heterocycles. The van der Waals surface area contributed by atoms with Crippen LogP contribution in [0.4, 0.5) is 8.78 Å². The lowest BCUT2D eigenvalue weighted by Gasteiger charge is -2.26. The Morgan fingerprint density at radius 3 is 2.55 bits per heavy atom. The van der Waals surface area contributed by atoms with Crippen LogP contribution >= 0.6 is 0 Å². The fourth-order valence-corrected chi connectivity index (χ4v) is 2.96. The first-order valence-electron chi connectivity index (χ1n) is 7.79. The summed E-state index contributed by atoms with van der Waals surface area (Å²) < 4.78 is 26.3. The molecule has 3 heteroatoms. The molecule has 0 fully saturated rings. The molecule has 22 heavy (non-hydrogen) atoms. The molecule has 2 N–H and O–H groups in total. The van der Waals surface area contributed by atoms with Crippen LogP contribution in [0.15, 0.2) is 60.6 Å². The molecule has 1 aromatic rings. The molecule has 1 aromatic carbocycles. The highest BCUT2D eigenvalue weighted by atomic mass is 19.1. The van der Waals surface area contributed by atoms with Crippen LogP contribution in [0.2, 0.25) is 0 Å². The second-order valence-corrected chi connectivity index (χ2v) is 5.91. The van der Waals surface area contributed by atoms with Gasteiger partial charge in [0, 0.05) is 5.70 Å². The van der Waals surface area contributed by atoms with Gasteiger partial charge in [-0.05, 0) is 67.4 Å². The van der Waals surface area contributed by atoms with Gasteiger partial charge < -0.3 is 5.73 Å². The Balaban J connectivity index is 2.05. The molecule has 0 radical (unpaired) electrons. The van der Waals surface area contributed by atoms with Gasteiger partial charge in [0.15, 0.2) is 0 Å². The van der Waals surface area contributed by atoms with Crippen LogP contribution in [0.3, 0.4) is 0 Å². The molecule has 0 heterocycles. The topological polar surface area (TPSA) is 26.0 Å². The molecule has 0 amide bonds. The molecule has 0 bridgehead atoms. The Kier molecular flexibility index (Phi) is 5.93. The van der Waals surface area contributed by atoms with Crippen LogP contribution in [0.1, 0.15) is 43.6 Å². The zero-order valence-electron chi connectivity index (χ0n) is 12.8. The van der Waals surface area contributed by atoms with Gasteiger partial charge in [0.1, 0.15) is 11.6 Å². The number of hydrogen-bond acceptors (Lipinski definition) is 1. The normalized spacial score (nSPS) is 18.8. The summed E-state index contributed by atoms with van der Waals surface area (Å²) in [6.07, 6.45) is 9.60. The molecule has 118 valence electrons. The van der Waals surface area contributed by atoms with Crippen molar-refractivity contribution in [3.05, 3.63) is 72.0 Å². The van der Waals surface area contributed by atoms with Gasteiger partial charge in [-0.1, -0.05) is 31.2 Å². The predicted molar refractivity (Wildman–Crippen MR) is 87.4 cm³/mol. The average molecular weight is 303 g/mol. The van der Waals surface area contributed by atoms with Crippen molar-refractivity contribution in [2.75, 3.05) is 0 Å². The van der Waals surface area contributed by atoms with Crippen LogP contribution < -0.4 is 5.73 Å². The van der Waals surface area contributed by atoms with E-state index in [1.54, 1.807) is 6.08 Å². The smallest absolute Gasteiger partial charge is 0.123 e. The molecule has 0 saturated carbocycles. The summed E-state index contributed by atoms with van der Waals surface area (Å²) in [7, 11) is 0. The number of halogens is 2. The third-order valence-corrected chi connectivity index (χ3v) is 4.17. The van der Waals surface area contributed by atoms with Crippen molar-refractivity contribution in [3.8, 4) is 0 Å². The summed E-state index contributed by atoms with van der Waals surface area (Å²) in [5, 5.41) is 0. The molecular formula is C19H23F2N. The van der Waals surface area contributed by atoms with Crippen molar-refractivity contribution in [2.45, 2.75) is 38.0 Å². The summed E-state index contributed by atoms with van der Waals surface area (Å²) in [5.74, 6) is 0.124. The lowest BCUT2D eigenvalue weighted by atomic mass is 9.79. The predicted octanol–water partition coefficient (Wildman–Crippen LogP) is 5.37. The molecule has 2 rings (SSSR count). The molecule has 0 saturated heterocycles. The van der Waals surface area contributed by atoms with Crippen LogP contribution in [0.25, 0.3) is 0 Å². The zero-order chi connectivity index (χ0) is 15.9. The summed E-state index contributed by atoms with van der Waals surface area (Å²) >= 11 is 0. The summed E-state index contributed by atoms with van der Waals surface area (Å²) in [4.78, 5) is 0. The third kappa shape index (κ3) is 4.83. The number of rotatable bonds is 7. The van der Waals surface area contributed by atoms with Gasteiger partial charge in [-0.15, -0.1) is 0 Å². The average Bonchev–Trinajstić information content (AvgIpc) is 2.50. The Morgan fingerprint density at radius 1 is 1.23 bits per heavy atom. The fraction of sp³-hybridized carbons (Fsp3) is 0.368. The van der Waals surface area contributed by atoms with Gasteiger partial charge in [0.25, 0.3) is 0 Å². The van der Waals surface area contributed by atoms with Crippen molar-refractivity contribution in [1.82, 2.24) is 0 Å². The maximum absolute atomic E-state index is 13.2. The van der Waals surface area contributed by atoms with E-state index in [0.29, 0.717) is 12.1 Å². The monoisotopic (exact) mass is 303 g/mol.